The zero-order chi connectivity index (χ0) is 22.2. The lowest BCUT2D eigenvalue weighted by Gasteiger charge is -2.30. The van der Waals surface area contributed by atoms with Gasteiger partial charge in [0.1, 0.15) is 10.7 Å². The summed E-state index contributed by atoms with van der Waals surface area (Å²) in [6, 6.07) is 15.4. The van der Waals surface area contributed by atoms with Crippen LogP contribution in [-0.4, -0.2) is 38.7 Å². The van der Waals surface area contributed by atoms with Crippen LogP contribution in [0.25, 0.3) is 11.1 Å². The number of amides is 1. The van der Waals surface area contributed by atoms with E-state index in [4.69, 9.17) is 27.6 Å². The van der Waals surface area contributed by atoms with Crippen LogP contribution in [-0.2, 0) is 6.54 Å². The molecule has 2 aromatic carbocycles. The molecule has 4 aromatic rings. The van der Waals surface area contributed by atoms with Crippen molar-refractivity contribution in [2.75, 3.05) is 13.1 Å². The number of piperidine rings is 1. The van der Waals surface area contributed by atoms with Crippen molar-refractivity contribution in [2.45, 2.75) is 32.2 Å². The van der Waals surface area contributed by atoms with Crippen LogP contribution in [0.5, 0.6) is 0 Å². The third-order valence-corrected chi connectivity index (χ3v) is 6.57. The maximum atomic E-state index is 13.3. The van der Waals surface area contributed by atoms with Crippen LogP contribution in [0.2, 0.25) is 10.2 Å². The summed E-state index contributed by atoms with van der Waals surface area (Å²) < 4.78 is 7.62. The van der Waals surface area contributed by atoms with Crippen LogP contribution >= 0.6 is 23.2 Å². The van der Waals surface area contributed by atoms with Gasteiger partial charge in [-0.1, -0.05) is 53.5 Å². The molecule has 1 fully saturated rings. The zero-order valence-corrected chi connectivity index (χ0v) is 19.1. The second kappa shape index (κ2) is 8.60. The van der Waals surface area contributed by atoms with Gasteiger partial charge >= 0.3 is 0 Å². The average Bonchev–Trinajstić information content (AvgIpc) is 3.34. The van der Waals surface area contributed by atoms with Crippen LogP contribution in [0.4, 0.5) is 0 Å². The molecule has 164 valence electrons. The van der Waals surface area contributed by atoms with Crippen molar-refractivity contribution in [2.24, 2.45) is 0 Å². The molecule has 0 unspecified atom stereocenters. The standard InChI is InChI=1S/C24H22Cl2N4O2/c1-15-21(22(26)30(28-15)14-16-5-3-2-4-6-16)24(31)29-11-9-17(10-12-29)23-27-19-13-18(25)7-8-20(19)32-23/h2-8,13,17H,9-12,14H2,1H3. The van der Waals surface area contributed by atoms with Crippen molar-refractivity contribution in [1.82, 2.24) is 19.7 Å². The van der Waals surface area contributed by atoms with Crippen LogP contribution < -0.4 is 0 Å². The molecule has 32 heavy (non-hydrogen) atoms. The van der Waals surface area contributed by atoms with E-state index in [2.05, 4.69) is 10.1 Å². The lowest BCUT2D eigenvalue weighted by atomic mass is 9.96. The molecule has 1 aliphatic heterocycles. The van der Waals surface area contributed by atoms with E-state index in [1.165, 1.54) is 0 Å². The molecule has 1 aliphatic rings. The molecule has 0 atom stereocenters. The Morgan fingerprint density at radius 2 is 1.88 bits per heavy atom. The number of nitrogens with zero attached hydrogens (tertiary/aromatic N) is 4. The monoisotopic (exact) mass is 468 g/mol. The van der Waals surface area contributed by atoms with E-state index in [-0.39, 0.29) is 11.8 Å². The van der Waals surface area contributed by atoms with E-state index in [0.29, 0.717) is 47.0 Å². The highest BCUT2D eigenvalue weighted by Gasteiger charge is 2.30. The van der Waals surface area contributed by atoms with Crippen molar-refractivity contribution >= 4 is 40.2 Å². The number of likely N-dealkylation sites (tertiary alicyclic amines) is 1. The lowest BCUT2D eigenvalue weighted by molar-refractivity contribution is 0.0706. The summed E-state index contributed by atoms with van der Waals surface area (Å²) in [7, 11) is 0. The molecular weight excluding hydrogens is 447 g/mol. The number of carbonyl (C=O) groups excluding carboxylic acids is 1. The van der Waals surface area contributed by atoms with Gasteiger partial charge in [0.25, 0.3) is 5.91 Å². The second-order valence-electron chi connectivity index (χ2n) is 8.13. The Kier molecular flexibility index (Phi) is 5.66. The van der Waals surface area contributed by atoms with E-state index in [0.717, 1.165) is 29.5 Å². The Morgan fingerprint density at radius 1 is 1.12 bits per heavy atom. The van der Waals surface area contributed by atoms with Crippen LogP contribution in [0.15, 0.2) is 52.9 Å². The normalized spacial score (nSPS) is 14.9. The van der Waals surface area contributed by atoms with Crippen LogP contribution in [0, 0.1) is 6.92 Å². The SMILES string of the molecule is Cc1nn(Cc2ccccc2)c(Cl)c1C(=O)N1CCC(c2nc3cc(Cl)ccc3o2)CC1. The van der Waals surface area contributed by atoms with E-state index in [9.17, 15) is 4.79 Å². The predicted octanol–water partition coefficient (Wildman–Crippen LogP) is 5.71. The Hall–Kier alpha value is -2.83. The van der Waals surface area contributed by atoms with Crippen molar-refractivity contribution in [3.05, 3.63) is 81.4 Å². The van der Waals surface area contributed by atoms with Gasteiger partial charge in [-0.25, -0.2) is 9.67 Å². The largest absolute Gasteiger partial charge is 0.440 e. The summed E-state index contributed by atoms with van der Waals surface area (Å²) in [4.78, 5) is 19.7. The quantitative estimate of drug-likeness (QED) is 0.384. The minimum Gasteiger partial charge on any atom is -0.440 e. The smallest absolute Gasteiger partial charge is 0.258 e. The molecule has 0 spiro atoms. The molecule has 0 aliphatic carbocycles. The highest BCUT2D eigenvalue weighted by atomic mass is 35.5. The van der Waals surface area contributed by atoms with Gasteiger partial charge in [-0.3, -0.25) is 4.79 Å². The number of aryl methyl sites for hydroxylation is 1. The van der Waals surface area contributed by atoms with Gasteiger partial charge in [0.15, 0.2) is 11.5 Å². The summed E-state index contributed by atoms with van der Waals surface area (Å²) in [6.07, 6.45) is 1.56. The second-order valence-corrected chi connectivity index (χ2v) is 8.92. The van der Waals surface area contributed by atoms with E-state index < -0.39 is 0 Å². The average molecular weight is 469 g/mol. The highest BCUT2D eigenvalue weighted by molar-refractivity contribution is 6.33. The fourth-order valence-electron chi connectivity index (χ4n) is 4.24. The molecule has 1 saturated heterocycles. The van der Waals surface area contributed by atoms with Gasteiger partial charge in [0.2, 0.25) is 0 Å². The molecule has 0 N–H and O–H groups in total. The molecule has 6 nitrogen and oxygen atoms in total. The molecule has 5 rings (SSSR count). The fraction of sp³-hybridized carbons (Fsp3) is 0.292. The number of rotatable bonds is 4. The first-order valence-electron chi connectivity index (χ1n) is 10.6. The van der Waals surface area contributed by atoms with E-state index >= 15 is 0 Å². The Morgan fingerprint density at radius 3 is 2.62 bits per heavy atom. The topological polar surface area (TPSA) is 64.2 Å². The summed E-state index contributed by atoms with van der Waals surface area (Å²) in [5, 5.41) is 5.54. The lowest BCUT2D eigenvalue weighted by Crippen LogP contribution is -2.38. The van der Waals surface area contributed by atoms with Crippen molar-refractivity contribution in [1.29, 1.82) is 0 Å². The summed E-state index contributed by atoms with van der Waals surface area (Å²) in [5.41, 5.74) is 3.71. The third-order valence-electron chi connectivity index (χ3n) is 5.95. The van der Waals surface area contributed by atoms with E-state index in [1.807, 2.05) is 48.2 Å². The molecule has 0 radical (unpaired) electrons. The first-order chi connectivity index (χ1) is 15.5. The maximum Gasteiger partial charge on any atom is 0.258 e. The van der Waals surface area contributed by atoms with Crippen LogP contribution in [0.1, 0.15) is 46.3 Å². The number of benzene rings is 2. The highest BCUT2D eigenvalue weighted by Crippen LogP contribution is 2.32. The number of aromatic nitrogens is 3. The zero-order valence-electron chi connectivity index (χ0n) is 17.6. The number of hydrogen-bond donors (Lipinski definition) is 0. The summed E-state index contributed by atoms with van der Waals surface area (Å²) in [6.45, 7) is 3.58. The first-order valence-corrected chi connectivity index (χ1v) is 11.4. The maximum absolute atomic E-state index is 13.3. The van der Waals surface area contributed by atoms with Crippen molar-refractivity contribution < 1.29 is 9.21 Å². The third kappa shape index (κ3) is 4.00. The number of oxazole rings is 1. The molecule has 8 heteroatoms. The molecule has 2 aromatic heterocycles. The van der Waals surface area contributed by atoms with Gasteiger partial charge < -0.3 is 9.32 Å². The predicted molar refractivity (Wildman–Crippen MR) is 124 cm³/mol. The first kappa shape index (κ1) is 21.0. The van der Waals surface area contributed by atoms with Crippen molar-refractivity contribution in [3.63, 3.8) is 0 Å². The molecule has 3 heterocycles. The molecular formula is C24H22Cl2N4O2. The number of halogens is 2. The molecule has 1 amide bonds. The van der Waals surface area contributed by atoms with Gasteiger partial charge in [0, 0.05) is 24.0 Å². The van der Waals surface area contributed by atoms with Gasteiger partial charge in [0.05, 0.1) is 17.8 Å². The Labute approximate surface area is 195 Å². The van der Waals surface area contributed by atoms with Crippen molar-refractivity contribution in [3.8, 4) is 0 Å². The number of fused-ring (bicyclic) bond motifs is 1. The number of carbonyl (C=O) groups is 1. The summed E-state index contributed by atoms with van der Waals surface area (Å²) in [5.74, 6) is 0.802. The van der Waals surface area contributed by atoms with Gasteiger partial charge in [-0.2, -0.15) is 5.10 Å². The minimum absolute atomic E-state index is 0.0744. The minimum atomic E-state index is -0.0744. The molecule has 0 saturated carbocycles. The van der Waals surface area contributed by atoms with Gasteiger partial charge in [-0.15, -0.1) is 0 Å². The van der Waals surface area contributed by atoms with Crippen LogP contribution in [0.3, 0.4) is 0 Å². The molecule has 0 bridgehead atoms. The summed E-state index contributed by atoms with van der Waals surface area (Å²) >= 11 is 12.6. The van der Waals surface area contributed by atoms with E-state index in [1.54, 1.807) is 16.8 Å². The van der Waals surface area contributed by atoms with Gasteiger partial charge in [-0.05, 0) is 43.5 Å². The Bertz CT molecular complexity index is 1270. The Balaban J connectivity index is 1.29. The number of hydrogen-bond acceptors (Lipinski definition) is 4. The fourth-order valence-corrected chi connectivity index (χ4v) is 4.72.